The van der Waals surface area contributed by atoms with Crippen molar-refractivity contribution in [3.05, 3.63) is 60.8 Å². The summed E-state index contributed by atoms with van der Waals surface area (Å²) in [6, 6.07) is 0. The monoisotopic (exact) mass is 825 g/mol. The summed E-state index contributed by atoms with van der Waals surface area (Å²) in [5, 5.41) is 10.1. The van der Waals surface area contributed by atoms with Gasteiger partial charge in [-0.15, -0.1) is 0 Å². The van der Waals surface area contributed by atoms with Crippen LogP contribution in [0, 0.1) is 0 Å². The zero-order chi connectivity index (χ0) is 42.3. The van der Waals surface area contributed by atoms with Gasteiger partial charge in [0.2, 0.25) is 0 Å². The molecule has 10 nitrogen and oxygen atoms in total. The number of likely N-dealkylation sites (N-methyl/N-ethyl adjacent to an activating group) is 1. The molecule has 0 saturated carbocycles. The number of carbonyl (C=O) groups is 2. The van der Waals surface area contributed by atoms with E-state index in [1.165, 1.54) is 64.2 Å². The fourth-order valence-corrected chi connectivity index (χ4v) is 6.29. The van der Waals surface area contributed by atoms with Gasteiger partial charge in [-0.25, -0.2) is 4.57 Å². The second kappa shape index (κ2) is 37.9. The van der Waals surface area contributed by atoms with Crippen LogP contribution in [0.3, 0.4) is 0 Å². The molecule has 0 spiro atoms. The van der Waals surface area contributed by atoms with E-state index < -0.39 is 38.6 Å². The van der Waals surface area contributed by atoms with Crippen LogP contribution in [0.5, 0.6) is 0 Å². The Morgan fingerprint density at radius 1 is 0.632 bits per heavy atom. The molecule has 0 fully saturated rings. The number of quaternary nitrogens is 1. The Kier molecular flexibility index (Phi) is 36.4. The van der Waals surface area contributed by atoms with Crippen molar-refractivity contribution in [2.75, 3.05) is 47.5 Å². The molecule has 0 aliphatic carbocycles. The number of esters is 2. The van der Waals surface area contributed by atoms with Crippen molar-refractivity contribution in [1.29, 1.82) is 0 Å². The van der Waals surface area contributed by atoms with Gasteiger partial charge in [0, 0.05) is 12.8 Å². The molecule has 3 atom stereocenters. The number of unbranched alkanes of at least 4 members (excludes halogenated alkanes) is 15. The summed E-state index contributed by atoms with van der Waals surface area (Å²) in [5.41, 5.74) is 0. The molecule has 1 unspecified atom stereocenters. The third kappa shape index (κ3) is 41.6. The van der Waals surface area contributed by atoms with E-state index in [1.807, 2.05) is 57.6 Å². The zero-order valence-electron chi connectivity index (χ0n) is 36.7. The molecule has 0 aromatic carbocycles. The molecule has 0 heterocycles. The molecule has 57 heavy (non-hydrogen) atoms. The number of hydrogen-bond acceptors (Lipinski definition) is 8. The fourth-order valence-electron chi connectivity index (χ4n) is 5.55. The van der Waals surface area contributed by atoms with Crippen molar-refractivity contribution in [3.8, 4) is 0 Å². The number of ether oxygens (including phenoxy) is 2. The van der Waals surface area contributed by atoms with E-state index in [-0.39, 0.29) is 26.1 Å². The second-order valence-electron chi connectivity index (χ2n) is 15.9. The lowest BCUT2D eigenvalue weighted by atomic mass is 10.1. The zero-order valence-corrected chi connectivity index (χ0v) is 37.6. The Balaban J connectivity index is 4.54. The van der Waals surface area contributed by atoms with Crippen molar-refractivity contribution in [2.24, 2.45) is 0 Å². The predicted octanol–water partition coefficient (Wildman–Crippen LogP) is 11.4. The van der Waals surface area contributed by atoms with Gasteiger partial charge in [0.05, 0.1) is 33.9 Å². The molecule has 0 aliphatic heterocycles. The first-order chi connectivity index (χ1) is 27.4. The molecule has 0 bridgehead atoms. The normalized spacial score (nSPS) is 14.7. The van der Waals surface area contributed by atoms with Gasteiger partial charge in [0.1, 0.15) is 19.8 Å². The lowest BCUT2D eigenvalue weighted by Crippen LogP contribution is -2.37. The van der Waals surface area contributed by atoms with Crippen LogP contribution in [-0.4, -0.2) is 86.1 Å². The van der Waals surface area contributed by atoms with Crippen molar-refractivity contribution < 1.29 is 47.2 Å². The van der Waals surface area contributed by atoms with Crippen molar-refractivity contribution in [2.45, 2.75) is 174 Å². The number of hydrogen-bond donors (Lipinski definition) is 2. The Morgan fingerprint density at radius 2 is 1.18 bits per heavy atom. The predicted molar refractivity (Wildman–Crippen MR) is 235 cm³/mol. The highest BCUT2D eigenvalue weighted by Gasteiger charge is 2.27. The minimum absolute atomic E-state index is 0.00635. The Hall–Kier alpha value is -2.33. The van der Waals surface area contributed by atoms with Gasteiger partial charge < -0.3 is 24.0 Å². The third-order valence-electron chi connectivity index (χ3n) is 9.10. The summed E-state index contributed by atoms with van der Waals surface area (Å²) in [7, 11) is 1.39. The van der Waals surface area contributed by atoms with E-state index in [1.54, 1.807) is 6.08 Å². The number of aliphatic hydroxyl groups excluding tert-OH is 1. The summed E-state index contributed by atoms with van der Waals surface area (Å²) in [4.78, 5) is 35.3. The average molecular weight is 825 g/mol. The highest BCUT2D eigenvalue weighted by molar-refractivity contribution is 7.47. The quantitative estimate of drug-likeness (QED) is 0.0155. The molecule has 0 rings (SSSR count). The first-order valence-electron chi connectivity index (χ1n) is 22.1. The maximum absolute atomic E-state index is 12.7. The van der Waals surface area contributed by atoms with Gasteiger partial charge in [-0.1, -0.05) is 139 Å². The van der Waals surface area contributed by atoms with E-state index in [9.17, 15) is 24.2 Å². The topological polar surface area (TPSA) is 129 Å². The Labute approximate surface area is 348 Å². The van der Waals surface area contributed by atoms with Gasteiger partial charge in [0.15, 0.2) is 6.10 Å². The highest BCUT2D eigenvalue weighted by Crippen LogP contribution is 2.43. The van der Waals surface area contributed by atoms with E-state index in [2.05, 4.69) is 32.1 Å². The molecule has 0 aromatic rings. The number of nitrogens with zero attached hydrogens (tertiary/aromatic N) is 1. The lowest BCUT2D eigenvalue weighted by molar-refractivity contribution is -0.870. The summed E-state index contributed by atoms with van der Waals surface area (Å²) >= 11 is 0. The van der Waals surface area contributed by atoms with Crippen LogP contribution in [-0.2, 0) is 32.7 Å². The first-order valence-corrected chi connectivity index (χ1v) is 23.6. The molecule has 0 aliphatic rings. The Bertz CT molecular complexity index is 1170. The minimum Gasteiger partial charge on any atom is -0.462 e. The smallest absolute Gasteiger partial charge is 0.462 e. The van der Waals surface area contributed by atoms with Crippen LogP contribution in [0.2, 0.25) is 0 Å². The maximum atomic E-state index is 12.7. The number of aliphatic hydroxyl groups is 1. The Morgan fingerprint density at radius 3 is 1.86 bits per heavy atom. The number of rotatable bonds is 39. The maximum Gasteiger partial charge on any atom is 0.472 e. The SMILES string of the molecule is CCCCC/C=C\C=C/[C@H](O)C/C=C\C/C=C/CCCC(=O)O[C@H](COC(=O)CCCCCCC/C=C\CCCCCCCC)COP(=O)(O)OCC[N+](C)(C)C. The number of allylic oxidation sites excluding steroid dienone is 8. The van der Waals surface area contributed by atoms with Crippen LogP contribution in [0.4, 0.5) is 0 Å². The lowest BCUT2D eigenvalue weighted by Gasteiger charge is -2.24. The standard InChI is InChI=1S/C46H82NO9P/c1-6-8-10-12-14-15-16-17-18-19-20-21-25-29-33-37-45(49)53-41-44(42-55-57(51,52)54-40-39-47(3,4)5)56-46(50)38-34-30-26-22-24-28-32-36-43(48)35-31-27-23-13-11-9-7-2/h17-18,22-23,26-28,31-32,35,43-44,48H,6-16,19-21,24-25,29-30,33-34,36-42H2,1-5H3/p+1/b18-17-,26-22+,27-23-,32-28-,35-31-/t43-,44+/m0/s1. The van der Waals surface area contributed by atoms with Gasteiger partial charge in [-0.05, 0) is 70.6 Å². The highest BCUT2D eigenvalue weighted by atomic mass is 31.2. The van der Waals surface area contributed by atoms with Crippen LogP contribution in [0.1, 0.15) is 162 Å². The average Bonchev–Trinajstić information content (AvgIpc) is 3.15. The molecule has 0 radical (unpaired) electrons. The fraction of sp³-hybridized carbons (Fsp3) is 0.739. The van der Waals surface area contributed by atoms with E-state index in [4.69, 9.17) is 18.5 Å². The van der Waals surface area contributed by atoms with Gasteiger partial charge in [-0.2, -0.15) is 0 Å². The number of phosphoric ester groups is 1. The van der Waals surface area contributed by atoms with Crippen LogP contribution in [0.15, 0.2) is 60.8 Å². The molecule has 0 saturated heterocycles. The molecule has 0 amide bonds. The summed E-state index contributed by atoms with van der Waals surface area (Å²) in [6.07, 6.45) is 41.5. The second-order valence-corrected chi connectivity index (χ2v) is 17.4. The molecule has 330 valence electrons. The number of phosphoric acid groups is 1. The van der Waals surface area contributed by atoms with E-state index in [0.717, 1.165) is 44.9 Å². The summed E-state index contributed by atoms with van der Waals surface area (Å²) < 4.78 is 34.2. The molecular formula is C46H83NO9P+. The summed E-state index contributed by atoms with van der Waals surface area (Å²) in [5.74, 6) is -0.919. The van der Waals surface area contributed by atoms with Crippen LogP contribution in [0.25, 0.3) is 0 Å². The van der Waals surface area contributed by atoms with Crippen LogP contribution < -0.4 is 0 Å². The molecule has 0 aromatic heterocycles. The summed E-state index contributed by atoms with van der Waals surface area (Å²) in [6.45, 7) is 4.21. The van der Waals surface area contributed by atoms with Crippen molar-refractivity contribution >= 4 is 19.8 Å². The number of carbonyl (C=O) groups excluding carboxylic acids is 2. The van der Waals surface area contributed by atoms with Crippen LogP contribution >= 0.6 is 7.82 Å². The van der Waals surface area contributed by atoms with Crippen molar-refractivity contribution in [3.63, 3.8) is 0 Å². The van der Waals surface area contributed by atoms with E-state index >= 15 is 0 Å². The first kappa shape index (κ1) is 54.7. The van der Waals surface area contributed by atoms with Gasteiger partial charge in [-0.3, -0.25) is 18.6 Å². The largest absolute Gasteiger partial charge is 0.472 e. The van der Waals surface area contributed by atoms with Gasteiger partial charge >= 0.3 is 19.8 Å². The third-order valence-corrected chi connectivity index (χ3v) is 10.1. The molecular weight excluding hydrogens is 741 g/mol. The molecule has 2 N–H and O–H groups in total. The van der Waals surface area contributed by atoms with Crippen molar-refractivity contribution in [1.82, 2.24) is 0 Å². The van der Waals surface area contributed by atoms with E-state index in [0.29, 0.717) is 36.7 Å². The molecule has 11 heteroatoms. The van der Waals surface area contributed by atoms with Gasteiger partial charge in [0.25, 0.3) is 0 Å². The minimum atomic E-state index is -4.41.